The lowest BCUT2D eigenvalue weighted by Gasteiger charge is -2.09. The normalized spacial score (nSPS) is 11.1. The molecule has 0 bridgehead atoms. The molecule has 2 aromatic heterocycles. The Balaban J connectivity index is 2.02. The third-order valence-corrected chi connectivity index (χ3v) is 4.03. The second kappa shape index (κ2) is 5.23. The predicted octanol–water partition coefficient (Wildman–Crippen LogP) is 5.01. The summed E-state index contributed by atoms with van der Waals surface area (Å²) in [5.41, 5.74) is 3.01. The average Bonchev–Trinajstić information content (AvgIpc) is 2.60. The second-order valence-electron chi connectivity index (χ2n) is 5.45. The van der Waals surface area contributed by atoms with E-state index in [1.54, 1.807) is 0 Å². The molecule has 2 nitrogen and oxygen atoms in total. The Morgan fingerprint density at radius 2 is 1.55 bits per heavy atom. The van der Waals surface area contributed by atoms with Gasteiger partial charge in [0.1, 0.15) is 0 Å². The standard InChI is InChI=1S/C20H16N2/c1-2-17-11-15-8-5-6-10-18(15)20(22-17)19-12-14-7-3-4-9-16(14)13-21-19/h3-13H,2H2,1H3. The summed E-state index contributed by atoms with van der Waals surface area (Å²) in [7, 11) is 0. The first-order valence-corrected chi connectivity index (χ1v) is 7.59. The van der Waals surface area contributed by atoms with E-state index >= 15 is 0 Å². The van der Waals surface area contributed by atoms with Crippen molar-refractivity contribution < 1.29 is 0 Å². The van der Waals surface area contributed by atoms with Crippen molar-refractivity contribution in [3.8, 4) is 11.4 Å². The molecule has 0 atom stereocenters. The Morgan fingerprint density at radius 1 is 0.818 bits per heavy atom. The summed E-state index contributed by atoms with van der Waals surface area (Å²) < 4.78 is 0. The van der Waals surface area contributed by atoms with Crippen molar-refractivity contribution in [2.24, 2.45) is 0 Å². The van der Waals surface area contributed by atoms with Gasteiger partial charge in [-0.3, -0.25) is 9.97 Å². The molecule has 4 aromatic rings. The van der Waals surface area contributed by atoms with Gasteiger partial charge in [-0.05, 0) is 29.3 Å². The van der Waals surface area contributed by atoms with Gasteiger partial charge in [0, 0.05) is 22.7 Å². The number of hydrogen-bond donors (Lipinski definition) is 0. The highest BCUT2D eigenvalue weighted by molar-refractivity contribution is 5.96. The van der Waals surface area contributed by atoms with Crippen LogP contribution in [0, 0.1) is 0 Å². The molecule has 4 rings (SSSR count). The van der Waals surface area contributed by atoms with Crippen LogP contribution < -0.4 is 0 Å². The molecule has 0 aliphatic rings. The first-order valence-electron chi connectivity index (χ1n) is 7.59. The molecule has 22 heavy (non-hydrogen) atoms. The molecule has 0 saturated carbocycles. The van der Waals surface area contributed by atoms with E-state index in [0.29, 0.717) is 0 Å². The minimum atomic E-state index is 0.922. The highest BCUT2D eigenvalue weighted by Gasteiger charge is 2.09. The number of hydrogen-bond acceptors (Lipinski definition) is 2. The summed E-state index contributed by atoms with van der Waals surface area (Å²) in [5.74, 6) is 0. The summed E-state index contributed by atoms with van der Waals surface area (Å²) in [4.78, 5) is 9.47. The summed E-state index contributed by atoms with van der Waals surface area (Å²) in [6.07, 6.45) is 2.85. The number of nitrogens with zero attached hydrogens (tertiary/aromatic N) is 2. The number of benzene rings is 2. The molecule has 0 N–H and O–H groups in total. The van der Waals surface area contributed by atoms with Gasteiger partial charge in [-0.2, -0.15) is 0 Å². The Labute approximate surface area is 129 Å². The fourth-order valence-electron chi connectivity index (χ4n) is 2.84. The maximum absolute atomic E-state index is 4.83. The van der Waals surface area contributed by atoms with E-state index in [0.717, 1.165) is 34.3 Å². The topological polar surface area (TPSA) is 25.8 Å². The molecule has 2 aromatic carbocycles. The Bertz CT molecular complexity index is 973. The summed E-state index contributed by atoms with van der Waals surface area (Å²) >= 11 is 0. The third-order valence-electron chi connectivity index (χ3n) is 4.03. The van der Waals surface area contributed by atoms with Crippen LogP contribution in [-0.2, 0) is 6.42 Å². The van der Waals surface area contributed by atoms with Crippen LogP contribution in [0.3, 0.4) is 0 Å². The van der Waals surface area contributed by atoms with Gasteiger partial charge >= 0.3 is 0 Å². The average molecular weight is 284 g/mol. The minimum absolute atomic E-state index is 0.922. The van der Waals surface area contributed by atoms with Crippen molar-refractivity contribution in [1.29, 1.82) is 0 Å². The van der Waals surface area contributed by atoms with Crippen molar-refractivity contribution in [3.63, 3.8) is 0 Å². The summed E-state index contributed by atoms with van der Waals surface area (Å²) in [6.45, 7) is 2.13. The number of rotatable bonds is 2. The molecule has 0 fully saturated rings. The Kier molecular flexibility index (Phi) is 3.08. The van der Waals surface area contributed by atoms with Crippen LogP contribution in [0.5, 0.6) is 0 Å². The first-order chi connectivity index (χ1) is 10.8. The van der Waals surface area contributed by atoms with Crippen LogP contribution in [0.1, 0.15) is 12.6 Å². The van der Waals surface area contributed by atoms with E-state index in [9.17, 15) is 0 Å². The molecule has 0 spiro atoms. The zero-order valence-electron chi connectivity index (χ0n) is 12.5. The lowest BCUT2D eigenvalue weighted by atomic mass is 10.0. The molecular weight excluding hydrogens is 268 g/mol. The van der Waals surface area contributed by atoms with Crippen molar-refractivity contribution in [1.82, 2.24) is 9.97 Å². The summed E-state index contributed by atoms with van der Waals surface area (Å²) in [6, 6.07) is 21.0. The molecule has 2 heterocycles. The van der Waals surface area contributed by atoms with Crippen LogP contribution >= 0.6 is 0 Å². The zero-order valence-corrected chi connectivity index (χ0v) is 12.5. The largest absolute Gasteiger partial charge is 0.254 e. The van der Waals surface area contributed by atoms with Gasteiger partial charge < -0.3 is 0 Å². The zero-order chi connectivity index (χ0) is 14.9. The fraction of sp³-hybridized carbons (Fsp3) is 0.100. The Morgan fingerprint density at radius 3 is 2.36 bits per heavy atom. The molecule has 0 saturated heterocycles. The van der Waals surface area contributed by atoms with Crippen molar-refractivity contribution in [2.45, 2.75) is 13.3 Å². The molecule has 0 unspecified atom stereocenters. The van der Waals surface area contributed by atoms with Crippen LogP contribution in [-0.4, -0.2) is 9.97 Å². The van der Waals surface area contributed by atoms with Crippen LogP contribution in [0.25, 0.3) is 32.9 Å². The van der Waals surface area contributed by atoms with Crippen molar-refractivity contribution >= 4 is 21.5 Å². The molecule has 0 aliphatic carbocycles. The quantitative estimate of drug-likeness (QED) is 0.517. The highest BCUT2D eigenvalue weighted by Crippen LogP contribution is 2.28. The van der Waals surface area contributed by atoms with E-state index in [4.69, 9.17) is 4.98 Å². The summed E-state index contributed by atoms with van der Waals surface area (Å²) in [5, 5.41) is 4.73. The van der Waals surface area contributed by atoms with Gasteiger partial charge in [0.25, 0.3) is 0 Å². The molecule has 0 radical (unpaired) electrons. The van der Waals surface area contributed by atoms with E-state index in [-0.39, 0.29) is 0 Å². The monoisotopic (exact) mass is 284 g/mol. The van der Waals surface area contributed by atoms with E-state index < -0.39 is 0 Å². The van der Waals surface area contributed by atoms with Crippen molar-refractivity contribution in [3.05, 3.63) is 72.6 Å². The van der Waals surface area contributed by atoms with Crippen LogP contribution in [0.2, 0.25) is 0 Å². The van der Waals surface area contributed by atoms with Gasteiger partial charge in [0.15, 0.2) is 0 Å². The number of aryl methyl sites for hydroxylation is 1. The van der Waals surface area contributed by atoms with Gasteiger partial charge in [-0.15, -0.1) is 0 Å². The maximum atomic E-state index is 4.83. The predicted molar refractivity (Wildman–Crippen MR) is 91.9 cm³/mol. The van der Waals surface area contributed by atoms with E-state index in [1.807, 2.05) is 12.3 Å². The molecule has 0 aliphatic heterocycles. The van der Waals surface area contributed by atoms with Crippen LogP contribution in [0.15, 0.2) is 66.9 Å². The smallest absolute Gasteiger partial charge is 0.0967 e. The molecule has 0 amide bonds. The van der Waals surface area contributed by atoms with Gasteiger partial charge in [0.05, 0.1) is 11.4 Å². The Hall–Kier alpha value is -2.74. The number of pyridine rings is 2. The van der Waals surface area contributed by atoms with E-state index in [2.05, 4.69) is 66.5 Å². The van der Waals surface area contributed by atoms with Gasteiger partial charge in [0.2, 0.25) is 0 Å². The molecular formula is C20H16N2. The first kappa shape index (κ1) is 13.0. The van der Waals surface area contributed by atoms with Gasteiger partial charge in [-0.1, -0.05) is 55.5 Å². The minimum Gasteiger partial charge on any atom is -0.254 e. The lowest BCUT2D eigenvalue weighted by molar-refractivity contribution is 1.04. The van der Waals surface area contributed by atoms with Crippen molar-refractivity contribution in [2.75, 3.05) is 0 Å². The van der Waals surface area contributed by atoms with E-state index in [1.165, 1.54) is 10.8 Å². The van der Waals surface area contributed by atoms with Gasteiger partial charge in [-0.25, -0.2) is 0 Å². The maximum Gasteiger partial charge on any atom is 0.0967 e. The SMILES string of the molecule is CCc1cc2ccccc2c(-c2cc3ccccc3cn2)n1. The lowest BCUT2D eigenvalue weighted by Crippen LogP contribution is -1.94. The second-order valence-corrected chi connectivity index (χ2v) is 5.45. The van der Waals surface area contributed by atoms with Crippen LogP contribution in [0.4, 0.5) is 0 Å². The highest BCUT2D eigenvalue weighted by atomic mass is 14.8. The number of fused-ring (bicyclic) bond motifs is 2. The third kappa shape index (κ3) is 2.13. The number of aromatic nitrogens is 2. The molecule has 2 heteroatoms. The fourth-order valence-corrected chi connectivity index (χ4v) is 2.84. The molecule has 106 valence electrons.